The number of hydrogen-bond acceptors (Lipinski definition) is 4. The first-order valence-corrected chi connectivity index (χ1v) is 26.0. The van der Waals surface area contributed by atoms with Gasteiger partial charge in [-0.25, -0.2) is 0 Å². The molecule has 2 aliphatic rings. The van der Waals surface area contributed by atoms with E-state index in [0.717, 1.165) is 0 Å². The predicted molar refractivity (Wildman–Crippen MR) is 304 cm³/mol. The van der Waals surface area contributed by atoms with E-state index in [4.69, 9.17) is 0 Å². The van der Waals surface area contributed by atoms with Crippen LogP contribution in [-0.4, -0.2) is 6.71 Å². The summed E-state index contributed by atoms with van der Waals surface area (Å²) in [5, 5.41) is 18.1. The Bertz CT molecular complexity index is 4020. The van der Waals surface area contributed by atoms with Gasteiger partial charge in [0.1, 0.15) is 0 Å². The van der Waals surface area contributed by atoms with E-state index in [1.54, 1.807) is 0 Å². The van der Waals surface area contributed by atoms with Crippen molar-refractivity contribution in [3.8, 4) is 0 Å². The predicted octanol–water partition coefficient (Wildman–Crippen LogP) is 17.4. The largest absolute Gasteiger partial charge is 0.310 e. The van der Waals surface area contributed by atoms with Crippen molar-refractivity contribution in [1.82, 2.24) is 0 Å². The Morgan fingerprint density at radius 2 is 0.681 bits per heavy atom. The molecule has 15 rings (SSSR count). The molecule has 0 spiro atoms. The first-order valence-electron chi connectivity index (χ1n) is 24.4. The second-order valence-electron chi connectivity index (χ2n) is 19.9. The van der Waals surface area contributed by atoms with Gasteiger partial charge in [0.25, 0.3) is 6.71 Å². The van der Waals surface area contributed by atoms with Gasteiger partial charge in [-0.15, -0.1) is 22.7 Å². The molecule has 0 bridgehead atoms. The highest BCUT2D eigenvalue weighted by Crippen LogP contribution is 2.52. The van der Waals surface area contributed by atoms with Crippen LogP contribution in [0.3, 0.4) is 0 Å². The number of thiophene rings is 2. The first kappa shape index (κ1) is 39.5. The molecule has 11 aromatic carbocycles. The summed E-state index contributed by atoms with van der Waals surface area (Å²) in [5.41, 5.74) is 11.6. The fourth-order valence-corrected chi connectivity index (χ4v) is 14.9. The van der Waals surface area contributed by atoms with E-state index in [2.05, 4.69) is 226 Å². The lowest BCUT2D eigenvalue weighted by atomic mass is 9.39. The molecule has 13 aromatic rings. The van der Waals surface area contributed by atoms with E-state index in [9.17, 15) is 0 Å². The van der Waals surface area contributed by atoms with Crippen LogP contribution in [0.15, 0.2) is 188 Å². The zero-order valence-corrected chi connectivity index (χ0v) is 40.5. The number of rotatable bonds is 4. The van der Waals surface area contributed by atoms with Crippen LogP contribution >= 0.6 is 22.7 Å². The zero-order valence-electron chi connectivity index (χ0n) is 38.8. The van der Waals surface area contributed by atoms with Gasteiger partial charge in [0, 0.05) is 52.5 Å². The monoisotopic (exact) mass is 916 g/mol. The van der Waals surface area contributed by atoms with Crippen LogP contribution in [0.5, 0.6) is 0 Å². The summed E-state index contributed by atoms with van der Waals surface area (Å²) in [7, 11) is 0. The number of hydrogen-bond donors (Lipinski definition) is 0. The molecule has 69 heavy (non-hydrogen) atoms. The van der Waals surface area contributed by atoms with Gasteiger partial charge in [-0.2, -0.15) is 0 Å². The zero-order chi connectivity index (χ0) is 45.8. The number of nitrogens with zero attached hydrogens (tertiary/aromatic N) is 2. The fraction of sp³-hybridized carbons (Fsp3) is 0.0938. The minimum Gasteiger partial charge on any atom is -0.310 e. The SMILES string of the molecule is CC(C)c1ccc2sc3c(c2c1)N(c1ccc2c4ccccc4c4ccccc4c2c1)c1cccc2c1B3c1sc3ccc(C(C)C)cc3c1N2c1ccc2c3ccccc3c3ccccc3c2c1. The van der Waals surface area contributed by atoms with Crippen LogP contribution in [0.2, 0.25) is 0 Å². The van der Waals surface area contributed by atoms with Gasteiger partial charge >= 0.3 is 0 Å². The molecule has 0 radical (unpaired) electrons. The van der Waals surface area contributed by atoms with Gasteiger partial charge in [0.05, 0.1) is 11.4 Å². The van der Waals surface area contributed by atoms with Crippen LogP contribution in [0, 0.1) is 0 Å². The van der Waals surface area contributed by atoms with Crippen molar-refractivity contribution >= 4 is 163 Å². The van der Waals surface area contributed by atoms with Crippen molar-refractivity contribution in [2.75, 3.05) is 9.80 Å². The van der Waals surface area contributed by atoms with E-state index in [0.29, 0.717) is 11.8 Å². The number of fused-ring (bicyclic) bond motifs is 20. The summed E-state index contributed by atoms with van der Waals surface area (Å²) in [6.45, 7) is 9.34. The Kier molecular flexibility index (Phi) is 8.33. The second kappa shape index (κ2) is 14.5. The fourth-order valence-electron chi connectivity index (χ4n) is 12.3. The minimum absolute atomic E-state index is 0.0592. The summed E-state index contributed by atoms with van der Waals surface area (Å²) in [6, 6.07) is 72.0. The van der Waals surface area contributed by atoms with E-state index >= 15 is 0 Å². The molecule has 0 N–H and O–H groups in total. The molecule has 0 atom stereocenters. The first-order chi connectivity index (χ1) is 33.9. The highest BCUT2D eigenvalue weighted by atomic mass is 32.1. The standard InChI is InChI=1S/C64H45BN2S2/c1-36(2)38-24-30-58-54(32-38)61-63(68-58)65-60-56(66(61)40-26-28-50-46-18-7-5-14-42(46)44-16-9-11-20-48(44)52(50)34-40)22-13-23-57(60)67(62-55-33-39(37(3)4)25-31-59(55)69-64(62)65)41-27-29-51-47-19-8-6-15-43(47)45-17-10-12-21-49(45)53(51)35-41/h5-37H,1-4H3. The minimum atomic E-state index is 0.0592. The Labute approximate surface area is 409 Å². The van der Waals surface area contributed by atoms with E-state index < -0.39 is 0 Å². The summed E-state index contributed by atoms with van der Waals surface area (Å²) in [6.07, 6.45) is 0. The van der Waals surface area contributed by atoms with Crippen molar-refractivity contribution in [2.45, 2.75) is 39.5 Å². The smallest absolute Gasteiger partial charge is 0.277 e. The highest BCUT2D eigenvalue weighted by Gasteiger charge is 2.47. The van der Waals surface area contributed by atoms with Crippen LogP contribution in [-0.2, 0) is 0 Å². The third-order valence-electron chi connectivity index (χ3n) is 15.5. The Morgan fingerprint density at radius 3 is 1.04 bits per heavy atom. The Hall–Kier alpha value is -7.44. The molecule has 326 valence electrons. The summed E-state index contributed by atoms with van der Waals surface area (Å²) < 4.78 is 5.51. The normalized spacial score (nSPS) is 13.4. The maximum Gasteiger partial charge on any atom is 0.277 e. The molecule has 2 aliphatic heterocycles. The highest BCUT2D eigenvalue weighted by molar-refractivity contribution is 7.40. The summed E-state index contributed by atoms with van der Waals surface area (Å²) in [4.78, 5) is 5.29. The Morgan fingerprint density at radius 1 is 0.333 bits per heavy atom. The molecule has 0 aliphatic carbocycles. The lowest BCUT2D eigenvalue weighted by Crippen LogP contribution is -2.59. The molecule has 2 nitrogen and oxygen atoms in total. The third kappa shape index (κ3) is 5.49. The molecular weight excluding hydrogens is 872 g/mol. The van der Waals surface area contributed by atoms with E-state index in [1.165, 1.54) is 145 Å². The van der Waals surface area contributed by atoms with Gasteiger partial charge in [0.2, 0.25) is 0 Å². The van der Waals surface area contributed by atoms with Gasteiger partial charge < -0.3 is 9.80 Å². The molecule has 0 unspecified atom stereocenters. The topological polar surface area (TPSA) is 6.48 Å². The van der Waals surface area contributed by atoms with Crippen molar-refractivity contribution < 1.29 is 0 Å². The molecule has 0 fully saturated rings. The molecular formula is C64H45BN2S2. The van der Waals surface area contributed by atoms with Gasteiger partial charge in [-0.1, -0.05) is 155 Å². The summed E-state index contributed by atoms with van der Waals surface area (Å²) >= 11 is 3.99. The van der Waals surface area contributed by atoms with Crippen molar-refractivity contribution in [3.63, 3.8) is 0 Å². The lowest BCUT2D eigenvalue weighted by Gasteiger charge is -2.42. The van der Waals surface area contributed by atoms with Gasteiger partial charge in [0.15, 0.2) is 0 Å². The lowest BCUT2D eigenvalue weighted by molar-refractivity contribution is 0.869. The average Bonchev–Trinajstić information content (AvgIpc) is 3.97. The number of anilines is 6. The van der Waals surface area contributed by atoms with E-state index in [1.807, 2.05) is 22.7 Å². The maximum absolute atomic E-state index is 2.64. The molecule has 0 amide bonds. The van der Waals surface area contributed by atoms with Gasteiger partial charge in [-0.05, 0) is 154 Å². The third-order valence-corrected chi connectivity index (χ3v) is 18.0. The molecule has 0 saturated heterocycles. The quantitative estimate of drug-likeness (QED) is 0.128. The van der Waals surface area contributed by atoms with Crippen molar-refractivity contribution in [3.05, 3.63) is 199 Å². The second-order valence-corrected chi connectivity index (χ2v) is 22.1. The molecule has 4 heterocycles. The van der Waals surface area contributed by atoms with Crippen LogP contribution in [0.1, 0.15) is 50.7 Å². The number of benzene rings is 11. The van der Waals surface area contributed by atoms with Gasteiger partial charge in [-0.3, -0.25) is 0 Å². The maximum atomic E-state index is 2.64. The Balaban J connectivity index is 1.05. The van der Waals surface area contributed by atoms with E-state index in [-0.39, 0.29) is 6.71 Å². The molecule has 2 aromatic heterocycles. The average molecular weight is 917 g/mol. The van der Waals surface area contributed by atoms with Crippen LogP contribution in [0.4, 0.5) is 34.1 Å². The van der Waals surface area contributed by atoms with Crippen molar-refractivity contribution in [2.24, 2.45) is 0 Å². The van der Waals surface area contributed by atoms with Crippen molar-refractivity contribution in [1.29, 1.82) is 0 Å². The van der Waals surface area contributed by atoms with Crippen LogP contribution < -0.4 is 24.8 Å². The molecule has 0 saturated carbocycles. The summed E-state index contributed by atoms with van der Waals surface area (Å²) in [5.74, 6) is 0.816. The molecule has 5 heteroatoms. The van der Waals surface area contributed by atoms with Crippen LogP contribution in [0.25, 0.3) is 84.8 Å².